The summed E-state index contributed by atoms with van der Waals surface area (Å²) in [5, 5.41) is 4.60. The average molecular weight is 171 g/mol. The number of carbonyl (C=O) groups is 1. The molecule has 58 valence electrons. The van der Waals surface area contributed by atoms with Gasteiger partial charge in [-0.05, 0) is 5.22 Å². The van der Waals surface area contributed by atoms with Crippen molar-refractivity contribution >= 4 is 18.0 Å². The van der Waals surface area contributed by atoms with Crippen molar-refractivity contribution in [3.05, 3.63) is 18.0 Å². The first-order chi connectivity index (χ1) is 5.25. The van der Waals surface area contributed by atoms with Gasteiger partial charge in [0.05, 0.1) is 0 Å². The van der Waals surface area contributed by atoms with E-state index in [0.29, 0.717) is 0 Å². The fourth-order valence-corrected chi connectivity index (χ4v) is 0.838. The molecule has 3 N–H and O–H groups in total. The highest BCUT2D eigenvalue weighted by molar-refractivity contribution is 7.96. The standard InChI is InChI=1S/C4H5N5OS/c1-2-3(4(5)10)9-6-7-11-8-9/h8H,1H2,(H2,5,10). The predicted octanol–water partition coefficient (Wildman–Crippen LogP) is -0.109. The number of hydrogen-bond acceptors (Lipinski definition) is 6. The van der Waals surface area contributed by atoms with Gasteiger partial charge >= 0.3 is 0 Å². The van der Waals surface area contributed by atoms with E-state index in [1.54, 1.807) is 0 Å². The first kappa shape index (κ1) is 7.80. The average Bonchev–Trinajstić information content (AvgIpc) is 2.40. The number of primary amides is 1. The van der Waals surface area contributed by atoms with Gasteiger partial charge in [-0.2, -0.15) is 5.12 Å². The van der Waals surface area contributed by atoms with E-state index in [9.17, 15) is 4.79 Å². The maximum atomic E-state index is 10.6. The van der Waals surface area contributed by atoms with Crippen LogP contribution >= 0.6 is 12.1 Å². The van der Waals surface area contributed by atoms with Gasteiger partial charge in [0.2, 0.25) is 0 Å². The quantitative estimate of drug-likeness (QED) is 0.345. The molecular weight excluding hydrogens is 166 g/mol. The van der Waals surface area contributed by atoms with Gasteiger partial charge in [0.25, 0.3) is 5.91 Å². The van der Waals surface area contributed by atoms with Crippen molar-refractivity contribution in [2.24, 2.45) is 15.5 Å². The molecule has 0 aliphatic carbocycles. The highest BCUT2D eigenvalue weighted by Crippen LogP contribution is 2.13. The molecule has 1 aliphatic rings. The zero-order valence-corrected chi connectivity index (χ0v) is 6.26. The monoisotopic (exact) mass is 171 g/mol. The number of hydrogen-bond donors (Lipinski definition) is 2. The van der Waals surface area contributed by atoms with Crippen LogP contribution in [0.1, 0.15) is 0 Å². The highest BCUT2D eigenvalue weighted by atomic mass is 32.2. The lowest BCUT2D eigenvalue weighted by Gasteiger charge is -2.08. The molecule has 7 heteroatoms. The number of amides is 1. The Morgan fingerprint density at radius 3 is 2.91 bits per heavy atom. The maximum absolute atomic E-state index is 10.6. The molecule has 0 atom stereocenters. The lowest BCUT2D eigenvalue weighted by molar-refractivity contribution is -0.116. The zero-order valence-electron chi connectivity index (χ0n) is 5.44. The number of rotatable bonds is 2. The zero-order chi connectivity index (χ0) is 8.27. The number of nitrogens with zero attached hydrogens (tertiary/aromatic N) is 3. The smallest absolute Gasteiger partial charge is 0.276 e. The minimum absolute atomic E-state index is 0.0405. The molecule has 0 unspecified atom stereocenters. The molecule has 1 aliphatic heterocycles. The molecule has 1 rings (SSSR count). The van der Waals surface area contributed by atoms with Crippen LogP contribution in [0.4, 0.5) is 0 Å². The maximum Gasteiger partial charge on any atom is 0.276 e. The molecule has 0 aromatic rings. The fraction of sp³-hybridized carbons (Fsp3) is 0. The van der Waals surface area contributed by atoms with Gasteiger partial charge in [-0.3, -0.25) is 4.79 Å². The first-order valence-corrected chi connectivity index (χ1v) is 3.35. The summed E-state index contributed by atoms with van der Waals surface area (Å²) in [4.78, 5) is 13.2. The number of nitrogens with two attached hydrogens (primary N) is 1. The Labute approximate surface area is 67.0 Å². The van der Waals surface area contributed by atoms with Gasteiger partial charge in [0, 0.05) is 0 Å². The van der Waals surface area contributed by atoms with Crippen LogP contribution in [0.5, 0.6) is 0 Å². The normalized spacial score (nSPS) is 14.7. The minimum atomic E-state index is -0.658. The Bertz CT molecular complexity index is 255. The number of hydrazine groups is 1. The Morgan fingerprint density at radius 1 is 1.82 bits per heavy atom. The third-order valence-corrected chi connectivity index (χ3v) is 1.32. The molecule has 1 amide bonds. The molecule has 0 radical (unpaired) electrons. The van der Waals surface area contributed by atoms with E-state index < -0.39 is 5.91 Å². The van der Waals surface area contributed by atoms with Crippen molar-refractivity contribution in [3.63, 3.8) is 0 Å². The van der Waals surface area contributed by atoms with Gasteiger partial charge in [-0.15, -0.1) is 4.83 Å². The Balaban J connectivity index is 2.79. The SMILES string of the molecule is C=C=C(C(N)=O)N1N=NSN1. The van der Waals surface area contributed by atoms with Gasteiger partial charge in [-0.1, -0.05) is 16.8 Å². The predicted molar refractivity (Wildman–Crippen MR) is 39.3 cm³/mol. The Kier molecular flexibility index (Phi) is 2.27. The third kappa shape index (κ3) is 1.58. The van der Waals surface area contributed by atoms with Crippen LogP contribution in [0.15, 0.2) is 27.8 Å². The molecule has 11 heavy (non-hydrogen) atoms. The van der Waals surface area contributed by atoms with Gasteiger partial charge in [-0.25, -0.2) is 0 Å². The topological polar surface area (TPSA) is 83.1 Å². The Morgan fingerprint density at radius 2 is 2.55 bits per heavy atom. The summed E-state index contributed by atoms with van der Waals surface area (Å²) in [6.07, 6.45) is 0. The van der Waals surface area contributed by atoms with E-state index in [4.69, 9.17) is 5.73 Å². The molecule has 6 nitrogen and oxygen atoms in total. The number of carbonyl (C=O) groups excluding carboxylic acids is 1. The lowest BCUT2D eigenvalue weighted by Crippen LogP contribution is -2.31. The van der Waals surface area contributed by atoms with Crippen molar-refractivity contribution < 1.29 is 4.79 Å². The van der Waals surface area contributed by atoms with Gasteiger partial charge in [0.15, 0.2) is 5.70 Å². The molecule has 0 saturated carbocycles. The second kappa shape index (κ2) is 3.20. The largest absolute Gasteiger partial charge is 0.364 e. The fourth-order valence-electron chi connectivity index (χ4n) is 0.487. The summed E-state index contributed by atoms with van der Waals surface area (Å²) in [6.45, 7) is 3.27. The summed E-state index contributed by atoms with van der Waals surface area (Å²) in [7, 11) is 0. The summed E-state index contributed by atoms with van der Waals surface area (Å²) >= 11 is 0.981. The molecule has 0 spiro atoms. The molecule has 0 fully saturated rings. The summed E-state index contributed by atoms with van der Waals surface area (Å²) in [5.74, 6) is -0.658. The summed E-state index contributed by atoms with van der Waals surface area (Å²) < 4.78 is 3.48. The molecular formula is C4H5N5OS. The van der Waals surface area contributed by atoms with Crippen molar-refractivity contribution in [1.82, 2.24) is 9.95 Å². The molecule has 0 aromatic heterocycles. The summed E-state index contributed by atoms with van der Waals surface area (Å²) in [5.41, 5.74) is 7.33. The van der Waals surface area contributed by atoms with Crippen LogP contribution in [-0.2, 0) is 4.79 Å². The molecule has 1 heterocycles. The lowest BCUT2D eigenvalue weighted by atomic mass is 10.4. The van der Waals surface area contributed by atoms with Crippen LogP contribution in [0.3, 0.4) is 0 Å². The first-order valence-electron chi connectivity index (χ1n) is 2.58. The molecule has 0 aromatic carbocycles. The van der Waals surface area contributed by atoms with Crippen LogP contribution < -0.4 is 10.6 Å². The van der Waals surface area contributed by atoms with Crippen molar-refractivity contribution in [1.29, 1.82) is 0 Å². The Hall–Kier alpha value is -1.30. The van der Waals surface area contributed by atoms with Crippen molar-refractivity contribution in [3.8, 4) is 0 Å². The van der Waals surface area contributed by atoms with E-state index in [2.05, 4.69) is 26.9 Å². The van der Waals surface area contributed by atoms with E-state index in [1.165, 1.54) is 0 Å². The minimum Gasteiger partial charge on any atom is -0.364 e. The van der Waals surface area contributed by atoms with Crippen molar-refractivity contribution in [2.75, 3.05) is 0 Å². The third-order valence-electron chi connectivity index (χ3n) is 0.907. The van der Waals surface area contributed by atoms with Gasteiger partial charge in [0.1, 0.15) is 12.1 Å². The summed E-state index contributed by atoms with van der Waals surface area (Å²) in [6, 6.07) is 0. The van der Waals surface area contributed by atoms with Gasteiger partial charge < -0.3 is 5.73 Å². The second-order valence-corrected chi connectivity index (χ2v) is 2.08. The van der Waals surface area contributed by atoms with Crippen molar-refractivity contribution in [2.45, 2.75) is 0 Å². The van der Waals surface area contributed by atoms with Crippen LogP contribution in [0.2, 0.25) is 0 Å². The van der Waals surface area contributed by atoms with E-state index >= 15 is 0 Å². The van der Waals surface area contributed by atoms with Crippen LogP contribution in [0, 0.1) is 0 Å². The molecule has 0 bridgehead atoms. The number of nitrogens with one attached hydrogen (secondary N) is 1. The van der Waals surface area contributed by atoms with Crippen LogP contribution in [0.25, 0.3) is 0 Å². The van der Waals surface area contributed by atoms with E-state index in [1.807, 2.05) is 0 Å². The highest BCUT2D eigenvalue weighted by Gasteiger charge is 2.17. The van der Waals surface area contributed by atoms with Crippen LogP contribution in [-0.4, -0.2) is 11.0 Å². The van der Waals surface area contributed by atoms with E-state index in [-0.39, 0.29) is 5.70 Å². The van der Waals surface area contributed by atoms with E-state index in [0.717, 1.165) is 17.3 Å². The second-order valence-electron chi connectivity index (χ2n) is 1.56. The molecule has 0 saturated heterocycles.